The molecule has 0 amide bonds. The summed E-state index contributed by atoms with van der Waals surface area (Å²) < 4.78 is 6.03. The predicted molar refractivity (Wildman–Crippen MR) is 99.9 cm³/mol. The number of hydrogen-bond donors (Lipinski definition) is 2. The molecule has 2 atom stereocenters. The highest BCUT2D eigenvalue weighted by molar-refractivity contribution is 5.81. The van der Waals surface area contributed by atoms with E-state index in [1.54, 1.807) is 0 Å². The highest BCUT2D eigenvalue weighted by Gasteiger charge is 2.35. The molecule has 2 aliphatic rings. The number of benzene rings is 2. The molecule has 24 heavy (non-hydrogen) atoms. The van der Waals surface area contributed by atoms with E-state index in [2.05, 4.69) is 60.0 Å². The minimum Gasteiger partial charge on any atom is -0.493 e. The first-order valence-corrected chi connectivity index (χ1v) is 9.21. The van der Waals surface area contributed by atoms with E-state index in [1.807, 2.05) is 0 Å². The minimum absolute atomic E-state index is 0.555. The van der Waals surface area contributed by atoms with Crippen LogP contribution in [0, 0.1) is 0 Å². The number of para-hydroxylation sites is 1. The lowest BCUT2D eigenvalue weighted by atomic mass is 9.85. The molecule has 0 radical (unpaired) electrons. The molecule has 0 unspecified atom stereocenters. The normalized spacial score (nSPS) is 22.2. The second kappa shape index (κ2) is 6.86. The quantitative estimate of drug-likeness (QED) is 0.875. The summed E-state index contributed by atoms with van der Waals surface area (Å²) >= 11 is 0. The maximum absolute atomic E-state index is 6.03. The summed E-state index contributed by atoms with van der Waals surface area (Å²) in [6, 6.07) is 15.7. The summed E-state index contributed by atoms with van der Waals surface area (Å²) in [5.74, 6) is 1.59. The summed E-state index contributed by atoms with van der Waals surface area (Å²) in [4.78, 5) is 0. The standard InChI is InChI=1S/C21H26N2O/c1-2-14-24-20-9-4-3-6-15(20)16-7-5-8-19-21(16)17-10-12-22-13-11-18(17)23-19/h3-9,17-18,22-23H,2,10-14H2,1H3/t17-,18-/m0/s1. The van der Waals surface area contributed by atoms with E-state index in [4.69, 9.17) is 4.74 Å². The maximum atomic E-state index is 6.03. The number of hydrogen-bond acceptors (Lipinski definition) is 3. The van der Waals surface area contributed by atoms with E-state index in [-0.39, 0.29) is 0 Å². The molecular weight excluding hydrogens is 296 g/mol. The van der Waals surface area contributed by atoms with Gasteiger partial charge in [0.2, 0.25) is 0 Å². The molecule has 126 valence electrons. The van der Waals surface area contributed by atoms with Crippen LogP contribution in [0.15, 0.2) is 42.5 Å². The Morgan fingerprint density at radius 3 is 2.75 bits per heavy atom. The lowest BCUT2D eigenvalue weighted by Crippen LogP contribution is -2.21. The first-order chi connectivity index (χ1) is 11.9. The molecule has 0 saturated carbocycles. The van der Waals surface area contributed by atoms with E-state index in [9.17, 15) is 0 Å². The topological polar surface area (TPSA) is 33.3 Å². The molecule has 0 aromatic heterocycles. The van der Waals surface area contributed by atoms with Gasteiger partial charge < -0.3 is 15.4 Å². The Bertz CT molecular complexity index is 713. The number of nitrogens with one attached hydrogen (secondary N) is 2. The molecular formula is C21H26N2O. The Morgan fingerprint density at radius 2 is 1.83 bits per heavy atom. The van der Waals surface area contributed by atoms with Gasteiger partial charge in [0.1, 0.15) is 5.75 Å². The molecule has 2 aliphatic heterocycles. The minimum atomic E-state index is 0.555. The third-order valence-corrected chi connectivity index (χ3v) is 5.21. The van der Waals surface area contributed by atoms with Gasteiger partial charge in [-0.25, -0.2) is 0 Å². The zero-order valence-electron chi connectivity index (χ0n) is 14.3. The molecule has 2 N–H and O–H groups in total. The molecule has 3 heteroatoms. The Labute approximate surface area is 144 Å². The first-order valence-electron chi connectivity index (χ1n) is 9.21. The Balaban J connectivity index is 1.78. The lowest BCUT2D eigenvalue weighted by Gasteiger charge is -2.19. The van der Waals surface area contributed by atoms with Crippen molar-refractivity contribution >= 4 is 5.69 Å². The van der Waals surface area contributed by atoms with E-state index in [1.165, 1.54) is 35.2 Å². The lowest BCUT2D eigenvalue weighted by molar-refractivity contribution is 0.318. The van der Waals surface area contributed by atoms with E-state index in [0.717, 1.165) is 31.9 Å². The fraction of sp³-hybridized carbons (Fsp3) is 0.429. The maximum Gasteiger partial charge on any atom is 0.127 e. The number of ether oxygens (including phenoxy) is 1. The van der Waals surface area contributed by atoms with E-state index >= 15 is 0 Å². The van der Waals surface area contributed by atoms with Crippen molar-refractivity contribution in [2.24, 2.45) is 0 Å². The molecule has 2 aromatic carbocycles. The van der Waals surface area contributed by atoms with Gasteiger partial charge in [0.15, 0.2) is 0 Å². The molecule has 0 aliphatic carbocycles. The van der Waals surface area contributed by atoms with Crippen molar-refractivity contribution in [1.82, 2.24) is 5.32 Å². The van der Waals surface area contributed by atoms with Gasteiger partial charge in [-0.2, -0.15) is 0 Å². The summed E-state index contributed by atoms with van der Waals surface area (Å²) in [5.41, 5.74) is 5.36. The molecule has 4 rings (SSSR count). The zero-order valence-corrected chi connectivity index (χ0v) is 14.3. The Hall–Kier alpha value is -2.00. The molecule has 1 fully saturated rings. The molecule has 0 bridgehead atoms. The third-order valence-electron chi connectivity index (χ3n) is 5.21. The number of anilines is 1. The smallest absolute Gasteiger partial charge is 0.127 e. The van der Waals surface area contributed by atoms with Gasteiger partial charge in [-0.1, -0.05) is 37.3 Å². The van der Waals surface area contributed by atoms with Crippen molar-refractivity contribution in [3.05, 3.63) is 48.0 Å². The van der Waals surface area contributed by atoms with Crippen molar-refractivity contribution in [2.45, 2.75) is 38.1 Å². The molecule has 1 saturated heterocycles. The van der Waals surface area contributed by atoms with Crippen molar-refractivity contribution < 1.29 is 4.74 Å². The van der Waals surface area contributed by atoms with Gasteiger partial charge in [-0.05, 0) is 55.6 Å². The van der Waals surface area contributed by atoms with Crippen LogP contribution in [0.1, 0.15) is 37.7 Å². The van der Waals surface area contributed by atoms with E-state index in [0.29, 0.717) is 12.0 Å². The number of rotatable bonds is 4. The van der Waals surface area contributed by atoms with Gasteiger partial charge in [-0.3, -0.25) is 0 Å². The molecule has 0 spiro atoms. The van der Waals surface area contributed by atoms with Crippen LogP contribution >= 0.6 is 0 Å². The monoisotopic (exact) mass is 322 g/mol. The van der Waals surface area contributed by atoms with Gasteiger partial charge >= 0.3 is 0 Å². The van der Waals surface area contributed by atoms with Crippen molar-refractivity contribution in [3.63, 3.8) is 0 Å². The van der Waals surface area contributed by atoms with Crippen LogP contribution in [0.5, 0.6) is 5.75 Å². The SMILES string of the molecule is CCCOc1ccccc1-c1cccc2c1[C@H]1CCNCC[C@@H]1N2. The van der Waals surface area contributed by atoms with Gasteiger partial charge in [0.25, 0.3) is 0 Å². The summed E-state index contributed by atoms with van der Waals surface area (Å²) in [6.45, 7) is 5.12. The van der Waals surface area contributed by atoms with Crippen molar-refractivity contribution in [3.8, 4) is 16.9 Å². The number of fused-ring (bicyclic) bond motifs is 3. The average Bonchev–Trinajstić information content (AvgIpc) is 2.82. The summed E-state index contributed by atoms with van der Waals surface area (Å²) in [5, 5.41) is 7.31. The van der Waals surface area contributed by atoms with Crippen LogP contribution in [0.4, 0.5) is 5.69 Å². The highest BCUT2D eigenvalue weighted by atomic mass is 16.5. The second-order valence-corrected chi connectivity index (χ2v) is 6.80. The van der Waals surface area contributed by atoms with Crippen LogP contribution < -0.4 is 15.4 Å². The second-order valence-electron chi connectivity index (χ2n) is 6.80. The largest absolute Gasteiger partial charge is 0.493 e. The Morgan fingerprint density at radius 1 is 1.00 bits per heavy atom. The van der Waals surface area contributed by atoms with Gasteiger partial charge in [0.05, 0.1) is 6.61 Å². The summed E-state index contributed by atoms with van der Waals surface area (Å²) in [6.07, 6.45) is 3.41. The highest BCUT2D eigenvalue weighted by Crippen LogP contribution is 2.46. The van der Waals surface area contributed by atoms with Gasteiger partial charge in [0, 0.05) is 23.2 Å². The van der Waals surface area contributed by atoms with Crippen LogP contribution in [0.3, 0.4) is 0 Å². The zero-order chi connectivity index (χ0) is 16.4. The van der Waals surface area contributed by atoms with Crippen molar-refractivity contribution in [2.75, 3.05) is 25.0 Å². The molecule has 3 nitrogen and oxygen atoms in total. The van der Waals surface area contributed by atoms with E-state index < -0.39 is 0 Å². The molecule has 2 aromatic rings. The van der Waals surface area contributed by atoms with Crippen LogP contribution in [-0.2, 0) is 0 Å². The average molecular weight is 322 g/mol. The predicted octanol–water partition coefficient (Wildman–Crippen LogP) is 4.40. The van der Waals surface area contributed by atoms with Crippen LogP contribution in [0.2, 0.25) is 0 Å². The third kappa shape index (κ3) is 2.78. The fourth-order valence-corrected chi connectivity index (χ4v) is 4.11. The van der Waals surface area contributed by atoms with Crippen molar-refractivity contribution in [1.29, 1.82) is 0 Å². The van der Waals surface area contributed by atoms with Crippen LogP contribution in [-0.4, -0.2) is 25.7 Å². The fourth-order valence-electron chi connectivity index (χ4n) is 4.11. The summed E-state index contributed by atoms with van der Waals surface area (Å²) in [7, 11) is 0. The van der Waals surface area contributed by atoms with Gasteiger partial charge in [-0.15, -0.1) is 0 Å². The molecule has 2 heterocycles. The Kier molecular flexibility index (Phi) is 4.44. The first kappa shape index (κ1) is 15.5. The van der Waals surface area contributed by atoms with Crippen LogP contribution in [0.25, 0.3) is 11.1 Å².